The largest absolute Gasteiger partial charge is 0.345 e. The molecule has 28 heavy (non-hydrogen) atoms. The summed E-state index contributed by atoms with van der Waals surface area (Å²) in [4.78, 5) is 12.8. The van der Waals surface area contributed by atoms with E-state index in [1.165, 1.54) is 36.0 Å². The Balaban J connectivity index is 1.48. The van der Waals surface area contributed by atoms with Crippen LogP contribution in [0, 0.1) is 0 Å². The van der Waals surface area contributed by atoms with Gasteiger partial charge < -0.3 is 5.32 Å². The molecule has 1 N–H and O–H groups in total. The number of hydrogen-bond acceptors (Lipinski definition) is 1. The number of fused-ring (bicyclic) bond motifs is 1. The van der Waals surface area contributed by atoms with Gasteiger partial charge in [-0.1, -0.05) is 67.6 Å². The van der Waals surface area contributed by atoms with E-state index in [1.807, 2.05) is 42.5 Å². The number of aryl methyl sites for hydroxylation is 2. The summed E-state index contributed by atoms with van der Waals surface area (Å²) in [5.74, 6) is -0.0100. The van der Waals surface area contributed by atoms with Crippen LogP contribution in [-0.2, 0) is 12.8 Å². The van der Waals surface area contributed by atoms with Crippen LogP contribution >= 0.6 is 0 Å². The lowest BCUT2D eigenvalue weighted by Gasteiger charge is -2.22. The van der Waals surface area contributed by atoms with Gasteiger partial charge in [0.25, 0.3) is 5.91 Å². The normalized spacial score (nSPS) is 14.2. The fraction of sp³-hybridized carbons (Fsp3) is 0.269. The monoisotopic (exact) mass is 369 g/mol. The highest BCUT2D eigenvalue weighted by atomic mass is 16.1. The van der Waals surface area contributed by atoms with Crippen LogP contribution in [0.4, 0.5) is 0 Å². The molecule has 0 aliphatic heterocycles. The van der Waals surface area contributed by atoms with Gasteiger partial charge >= 0.3 is 0 Å². The first kappa shape index (κ1) is 18.5. The van der Waals surface area contributed by atoms with Crippen LogP contribution in [0.2, 0.25) is 0 Å². The second-order valence-electron chi connectivity index (χ2n) is 7.61. The molecule has 0 saturated carbocycles. The molecule has 1 aliphatic rings. The van der Waals surface area contributed by atoms with E-state index in [1.54, 1.807) is 0 Å². The molecule has 0 spiro atoms. The summed E-state index contributed by atoms with van der Waals surface area (Å²) < 4.78 is 0. The summed E-state index contributed by atoms with van der Waals surface area (Å²) in [5, 5.41) is 3.23. The number of benzene rings is 3. The fourth-order valence-electron chi connectivity index (χ4n) is 4.08. The SMILES string of the molecule is CC[C@H](NC(=O)c1ccc(-c2ccccc2)cc1)c1ccc2c(c1)CCCC2. The smallest absolute Gasteiger partial charge is 0.251 e. The Kier molecular flexibility index (Phi) is 5.57. The molecule has 0 fully saturated rings. The lowest BCUT2D eigenvalue weighted by atomic mass is 9.88. The van der Waals surface area contributed by atoms with Crippen LogP contribution in [0.3, 0.4) is 0 Å². The van der Waals surface area contributed by atoms with Gasteiger partial charge in [0.05, 0.1) is 6.04 Å². The third-order valence-corrected chi connectivity index (χ3v) is 5.74. The topological polar surface area (TPSA) is 29.1 Å². The highest BCUT2D eigenvalue weighted by Gasteiger charge is 2.17. The first-order valence-corrected chi connectivity index (χ1v) is 10.3. The summed E-state index contributed by atoms with van der Waals surface area (Å²) in [6.07, 6.45) is 5.79. The number of nitrogens with one attached hydrogen (secondary N) is 1. The van der Waals surface area contributed by atoms with E-state index < -0.39 is 0 Å². The Morgan fingerprint density at radius 2 is 1.54 bits per heavy atom. The Bertz CT molecular complexity index is 944. The maximum Gasteiger partial charge on any atom is 0.251 e. The molecule has 2 nitrogen and oxygen atoms in total. The van der Waals surface area contributed by atoms with Gasteiger partial charge in [-0.3, -0.25) is 4.79 Å². The van der Waals surface area contributed by atoms with Gasteiger partial charge in [-0.15, -0.1) is 0 Å². The predicted octanol–water partition coefficient (Wildman–Crippen LogP) is 6.11. The molecule has 4 rings (SSSR count). The van der Waals surface area contributed by atoms with E-state index in [0.29, 0.717) is 5.56 Å². The minimum Gasteiger partial charge on any atom is -0.345 e. The Morgan fingerprint density at radius 1 is 0.857 bits per heavy atom. The van der Waals surface area contributed by atoms with E-state index in [-0.39, 0.29) is 11.9 Å². The van der Waals surface area contributed by atoms with Crippen molar-refractivity contribution >= 4 is 5.91 Å². The predicted molar refractivity (Wildman–Crippen MR) is 115 cm³/mol. The minimum absolute atomic E-state index is 0.0100. The molecule has 142 valence electrons. The molecule has 0 unspecified atom stereocenters. The zero-order valence-corrected chi connectivity index (χ0v) is 16.4. The number of carbonyl (C=O) groups is 1. The van der Waals surface area contributed by atoms with E-state index in [2.05, 4.69) is 42.6 Å². The quantitative estimate of drug-likeness (QED) is 0.577. The molecule has 1 aliphatic carbocycles. The zero-order chi connectivity index (χ0) is 19.3. The maximum absolute atomic E-state index is 12.8. The van der Waals surface area contributed by atoms with Crippen LogP contribution in [0.15, 0.2) is 72.8 Å². The molecule has 2 heteroatoms. The van der Waals surface area contributed by atoms with Crippen LogP contribution in [0.5, 0.6) is 0 Å². The van der Waals surface area contributed by atoms with Crippen molar-refractivity contribution in [3.8, 4) is 11.1 Å². The summed E-state index contributed by atoms with van der Waals surface area (Å²) in [7, 11) is 0. The Labute approximate surface area is 167 Å². The van der Waals surface area contributed by atoms with Crippen LogP contribution in [0.1, 0.15) is 59.3 Å². The lowest BCUT2D eigenvalue weighted by Crippen LogP contribution is -2.28. The third kappa shape index (κ3) is 4.01. The van der Waals surface area contributed by atoms with Crippen molar-refractivity contribution < 1.29 is 4.79 Å². The number of rotatable bonds is 5. The summed E-state index contributed by atoms with van der Waals surface area (Å²) in [6, 6.07) is 24.9. The first-order valence-electron chi connectivity index (χ1n) is 10.3. The fourth-order valence-corrected chi connectivity index (χ4v) is 4.08. The van der Waals surface area contributed by atoms with E-state index in [9.17, 15) is 4.79 Å². The van der Waals surface area contributed by atoms with Crippen molar-refractivity contribution in [2.45, 2.75) is 45.1 Å². The zero-order valence-electron chi connectivity index (χ0n) is 16.4. The molecule has 0 saturated heterocycles. The van der Waals surface area contributed by atoms with Gasteiger partial charge in [0.1, 0.15) is 0 Å². The van der Waals surface area contributed by atoms with Crippen molar-refractivity contribution in [1.82, 2.24) is 5.32 Å². The Morgan fingerprint density at radius 3 is 2.25 bits per heavy atom. The summed E-state index contributed by atoms with van der Waals surface area (Å²) >= 11 is 0. The highest BCUT2D eigenvalue weighted by Crippen LogP contribution is 2.26. The summed E-state index contributed by atoms with van der Waals surface area (Å²) in [5.41, 5.74) is 7.15. The van der Waals surface area contributed by atoms with Crippen molar-refractivity contribution in [2.24, 2.45) is 0 Å². The van der Waals surface area contributed by atoms with Crippen molar-refractivity contribution in [3.05, 3.63) is 95.1 Å². The third-order valence-electron chi connectivity index (χ3n) is 5.74. The van der Waals surface area contributed by atoms with Crippen molar-refractivity contribution in [1.29, 1.82) is 0 Å². The standard InChI is InChI=1S/C26H27NO/c1-2-25(24-17-14-20-10-6-7-11-23(20)18-24)27-26(28)22-15-12-21(13-16-22)19-8-4-3-5-9-19/h3-5,8-9,12-18,25H,2,6-7,10-11H2,1H3,(H,27,28)/t25-/m0/s1. The molecule has 1 amide bonds. The van der Waals surface area contributed by atoms with Crippen LogP contribution in [0.25, 0.3) is 11.1 Å². The molecular weight excluding hydrogens is 342 g/mol. The maximum atomic E-state index is 12.8. The van der Waals surface area contributed by atoms with Gasteiger partial charge in [0, 0.05) is 5.56 Å². The Hall–Kier alpha value is -2.87. The average molecular weight is 370 g/mol. The van der Waals surface area contributed by atoms with Gasteiger partial charge in [0.2, 0.25) is 0 Å². The van der Waals surface area contributed by atoms with E-state index in [4.69, 9.17) is 0 Å². The molecular formula is C26H27NO. The molecule has 1 atom stereocenters. The number of amides is 1. The lowest BCUT2D eigenvalue weighted by molar-refractivity contribution is 0.0935. The molecule has 3 aromatic carbocycles. The number of hydrogen-bond donors (Lipinski definition) is 1. The van der Waals surface area contributed by atoms with Crippen LogP contribution < -0.4 is 5.32 Å². The molecule has 0 radical (unpaired) electrons. The van der Waals surface area contributed by atoms with Gasteiger partial charge in [0.15, 0.2) is 0 Å². The van der Waals surface area contributed by atoms with Gasteiger partial charge in [-0.2, -0.15) is 0 Å². The molecule has 3 aromatic rings. The van der Waals surface area contributed by atoms with Crippen molar-refractivity contribution in [2.75, 3.05) is 0 Å². The average Bonchev–Trinajstić information content (AvgIpc) is 2.77. The number of carbonyl (C=O) groups excluding carboxylic acids is 1. The minimum atomic E-state index is -0.0100. The molecule has 0 heterocycles. The second-order valence-corrected chi connectivity index (χ2v) is 7.61. The summed E-state index contributed by atoms with van der Waals surface area (Å²) in [6.45, 7) is 2.13. The molecule has 0 aromatic heterocycles. The van der Waals surface area contributed by atoms with Gasteiger partial charge in [-0.05, 0) is 72.1 Å². The first-order chi connectivity index (χ1) is 13.7. The second kappa shape index (κ2) is 8.43. The van der Waals surface area contributed by atoms with E-state index >= 15 is 0 Å². The highest BCUT2D eigenvalue weighted by molar-refractivity contribution is 5.95. The van der Waals surface area contributed by atoms with Gasteiger partial charge in [-0.25, -0.2) is 0 Å². The van der Waals surface area contributed by atoms with Crippen molar-refractivity contribution in [3.63, 3.8) is 0 Å². The van der Waals surface area contributed by atoms with E-state index in [0.717, 1.165) is 24.0 Å². The van der Waals surface area contributed by atoms with Crippen LogP contribution in [-0.4, -0.2) is 5.91 Å². The molecule has 0 bridgehead atoms.